The molecule has 0 atom stereocenters. The van der Waals surface area contributed by atoms with Gasteiger partial charge in [-0.3, -0.25) is 25.1 Å². The summed E-state index contributed by atoms with van der Waals surface area (Å²) in [5, 5.41) is 11.8. The minimum Gasteiger partial charge on any atom is -0.273 e. The van der Waals surface area contributed by atoms with Gasteiger partial charge in [-0.25, -0.2) is 5.01 Å². The Hall–Kier alpha value is -2.44. The van der Waals surface area contributed by atoms with Crippen molar-refractivity contribution in [3.63, 3.8) is 0 Å². The maximum absolute atomic E-state index is 11.5. The predicted octanol–water partition coefficient (Wildman–Crippen LogP) is 0.671. The predicted molar refractivity (Wildman–Crippen MR) is 58.1 cm³/mol. The zero-order valence-corrected chi connectivity index (χ0v) is 8.97. The second kappa shape index (κ2) is 3.85. The number of benzene rings is 1. The number of carbonyl (C=O) groups excluding carboxylic acids is 2. The first-order chi connectivity index (χ1) is 7.99. The van der Waals surface area contributed by atoms with Crippen LogP contribution < -0.4 is 10.4 Å². The highest BCUT2D eigenvalue weighted by molar-refractivity contribution is 6.12. The minimum absolute atomic E-state index is 0.0888. The van der Waals surface area contributed by atoms with Crippen LogP contribution in [-0.2, 0) is 9.59 Å². The van der Waals surface area contributed by atoms with Crippen molar-refractivity contribution in [2.45, 2.75) is 13.3 Å². The molecule has 0 bridgehead atoms. The van der Waals surface area contributed by atoms with Gasteiger partial charge in [-0.05, 0) is 18.6 Å². The van der Waals surface area contributed by atoms with Crippen LogP contribution in [0.15, 0.2) is 18.2 Å². The van der Waals surface area contributed by atoms with Crippen molar-refractivity contribution in [2.75, 3.05) is 5.01 Å². The van der Waals surface area contributed by atoms with Crippen LogP contribution >= 0.6 is 0 Å². The zero-order valence-electron chi connectivity index (χ0n) is 8.97. The molecular formula is C10H9N3O4. The smallest absolute Gasteiger partial charge is 0.273 e. The highest BCUT2D eigenvalue weighted by Gasteiger charge is 2.32. The van der Waals surface area contributed by atoms with E-state index in [9.17, 15) is 19.7 Å². The monoisotopic (exact) mass is 235 g/mol. The van der Waals surface area contributed by atoms with Crippen LogP contribution in [0.5, 0.6) is 0 Å². The minimum atomic E-state index is -0.591. The molecule has 2 amide bonds. The van der Waals surface area contributed by atoms with Crippen LogP contribution in [0, 0.1) is 17.0 Å². The fraction of sp³-hybridized carbons (Fsp3) is 0.200. The number of nitrogens with one attached hydrogen (secondary N) is 1. The van der Waals surface area contributed by atoms with Crippen molar-refractivity contribution in [2.24, 2.45) is 0 Å². The molecule has 88 valence electrons. The molecule has 7 nitrogen and oxygen atoms in total. The molecule has 0 saturated carbocycles. The largest absolute Gasteiger partial charge is 0.294 e. The lowest BCUT2D eigenvalue weighted by molar-refractivity contribution is -0.384. The Kier molecular flexibility index (Phi) is 2.51. The average Bonchev–Trinajstić information content (AvgIpc) is 2.57. The van der Waals surface area contributed by atoms with Crippen molar-refractivity contribution in [3.8, 4) is 0 Å². The van der Waals surface area contributed by atoms with Gasteiger partial charge >= 0.3 is 0 Å². The molecular weight excluding hydrogens is 226 g/mol. The maximum atomic E-state index is 11.5. The van der Waals surface area contributed by atoms with Gasteiger partial charge in [-0.15, -0.1) is 0 Å². The van der Waals surface area contributed by atoms with Gasteiger partial charge in [0.2, 0.25) is 5.91 Å². The lowest BCUT2D eigenvalue weighted by atomic mass is 10.2. The zero-order chi connectivity index (χ0) is 12.6. The fourth-order valence-electron chi connectivity index (χ4n) is 1.60. The van der Waals surface area contributed by atoms with Gasteiger partial charge < -0.3 is 0 Å². The lowest BCUT2D eigenvalue weighted by Crippen LogP contribution is -2.36. The number of aryl methyl sites for hydroxylation is 1. The number of amides is 2. The van der Waals surface area contributed by atoms with Gasteiger partial charge in [-0.2, -0.15) is 0 Å². The van der Waals surface area contributed by atoms with Crippen molar-refractivity contribution >= 4 is 23.2 Å². The van der Waals surface area contributed by atoms with Gasteiger partial charge in [0, 0.05) is 6.07 Å². The topological polar surface area (TPSA) is 92.6 Å². The van der Waals surface area contributed by atoms with E-state index in [0.29, 0.717) is 0 Å². The van der Waals surface area contributed by atoms with E-state index in [4.69, 9.17) is 0 Å². The molecule has 1 N–H and O–H groups in total. The Morgan fingerprint density at radius 2 is 2.12 bits per heavy atom. The second-order valence-corrected chi connectivity index (χ2v) is 3.69. The third kappa shape index (κ3) is 1.94. The van der Waals surface area contributed by atoms with E-state index in [-0.39, 0.29) is 17.8 Å². The average molecular weight is 235 g/mol. The summed E-state index contributed by atoms with van der Waals surface area (Å²) in [5.41, 5.74) is 2.92. The first-order valence-corrected chi connectivity index (χ1v) is 4.86. The number of nitro groups is 1. The maximum Gasteiger partial charge on any atom is 0.294 e. The van der Waals surface area contributed by atoms with Gasteiger partial charge in [0.1, 0.15) is 12.1 Å². The fourth-order valence-corrected chi connectivity index (χ4v) is 1.60. The number of nitro benzene ring substituents is 1. The summed E-state index contributed by atoms with van der Waals surface area (Å²) in [6.07, 6.45) is -0.287. The first kappa shape index (κ1) is 11.1. The Labute approximate surface area is 96.1 Å². The molecule has 0 unspecified atom stereocenters. The van der Waals surface area contributed by atoms with Crippen LogP contribution in [0.25, 0.3) is 0 Å². The number of hydrazine groups is 1. The summed E-state index contributed by atoms with van der Waals surface area (Å²) in [6.45, 7) is 1.75. The SMILES string of the molecule is Cc1ccc([N+](=O)[O-])c(N2NC(=O)CC2=O)c1. The molecule has 7 heteroatoms. The number of nitrogens with zero attached hydrogens (tertiary/aromatic N) is 2. The van der Waals surface area contributed by atoms with E-state index in [1.165, 1.54) is 12.1 Å². The van der Waals surface area contributed by atoms with Crippen LogP contribution in [0.2, 0.25) is 0 Å². The van der Waals surface area contributed by atoms with Crippen LogP contribution in [0.3, 0.4) is 0 Å². The number of hydrogen-bond donors (Lipinski definition) is 1. The number of anilines is 1. The Morgan fingerprint density at radius 3 is 2.65 bits per heavy atom. The molecule has 0 radical (unpaired) electrons. The van der Waals surface area contributed by atoms with Crippen molar-refractivity contribution in [1.82, 2.24) is 5.43 Å². The standard InChI is InChI=1S/C10H9N3O4/c1-6-2-3-7(13(16)17)8(4-6)12-10(15)5-9(14)11-12/h2-4H,5H2,1H3,(H,11,14). The summed E-state index contributed by atoms with van der Waals surface area (Å²) in [5.74, 6) is -0.963. The number of rotatable bonds is 2. The van der Waals surface area contributed by atoms with E-state index in [2.05, 4.69) is 5.43 Å². The molecule has 1 aromatic carbocycles. The van der Waals surface area contributed by atoms with E-state index >= 15 is 0 Å². The molecule has 0 aliphatic carbocycles. The molecule has 1 aliphatic heterocycles. The summed E-state index contributed by atoms with van der Waals surface area (Å²) in [6, 6.07) is 4.37. The van der Waals surface area contributed by atoms with Gasteiger partial charge in [0.05, 0.1) is 4.92 Å². The molecule has 0 spiro atoms. The summed E-state index contributed by atoms with van der Waals surface area (Å²) >= 11 is 0. The van der Waals surface area contributed by atoms with Gasteiger partial charge in [0.25, 0.3) is 11.6 Å². The summed E-state index contributed by atoms with van der Waals surface area (Å²) in [4.78, 5) is 32.8. The van der Waals surface area contributed by atoms with Crippen molar-refractivity contribution in [1.29, 1.82) is 0 Å². The quantitative estimate of drug-likeness (QED) is 0.463. The molecule has 17 heavy (non-hydrogen) atoms. The second-order valence-electron chi connectivity index (χ2n) is 3.69. The Balaban J connectivity index is 2.50. The van der Waals surface area contributed by atoms with Crippen molar-refractivity contribution in [3.05, 3.63) is 33.9 Å². The third-order valence-corrected chi connectivity index (χ3v) is 2.37. The molecule has 0 aromatic heterocycles. The molecule has 1 fully saturated rings. The highest BCUT2D eigenvalue weighted by atomic mass is 16.6. The normalized spacial score (nSPS) is 15.0. The van der Waals surface area contributed by atoms with Gasteiger partial charge in [-0.1, -0.05) is 6.07 Å². The van der Waals surface area contributed by atoms with Crippen LogP contribution in [0.4, 0.5) is 11.4 Å². The van der Waals surface area contributed by atoms with Gasteiger partial charge in [0.15, 0.2) is 0 Å². The van der Waals surface area contributed by atoms with Crippen LogP contribution in [0.1, 0.15) is 12.0 Å². The summed E-state index contributed by atoms with van der Waals surface area (Å²) < 4.78 is 0. The first-order valence-electron chi connectivity index (χ1n) is 4.86. The van der Waals surface area contributed by atoms with E-state index in [1.54, 1.807) is 13.0 Å². The number of carbonyl (C=O) groups is 2. The summed E-state index contributed by atoms with van der Waals surface area (Å²) in [7, 11) is 0. The van der Waals surface area contributed by atoms with E-state index in [0.717, 1.165) is 10.6 Å². The highest BCUT2D eigenvalue weighted by Crippen LogP contribution is 2.29. The molecule has 1 saturated heterocycles. The van der Waals surface area contributed by atoms with E-state index < -0.39 is 16.7 Å². The third-order valence-electron chi connectivity index (χ3n) is 2.37. The van der Waals surface area contributed by atoms with E-state index in [1.807, 2.05) is 0 Å². The van der Waals surface area contributed by atoms with Crippen LogP contribution in [-0.4, -0.2) is 16.7 Å². The molecule has 2 rings (SSSR count). The Bertz CT molecular complexity index is 526. The lowest BCUT2D eigenvalue weighted by Gasteiger charge is -2.15. The molecule has 1 heterocycles. The number of hydrogen-bond acceptors (Lipinski definition) is 4. The molecule has 1 aliphatic rings. The van der Waals surface area contributed by atoms with Crippen molar-refractivity contribution < 1.29 is 14.5 Å². The molecule has 1 aromatic rings. The Morgan fingerprint density at radius 1 is 1.41 bits per heavy atom.